The van der Waals surface area contributed by atoms with Crippen LogP contribution in [0, 0.1) is 5.82 Å². The molecule has 0 aliphatic carbocycles. The molecular weight excluding hydrogens is 373 g/mol. The van der Waals surface area contributed by atoms with Gasteiger partial charge in [0.2, 0.25) is 0 Å². The van der Waals surface area contributed by atoms with Crippen molar-refractivity contribution >= 4 is 39.0 Å². The molecule has 0 aliphatic heterocycles. The summed E-state index contributed by atoms with van der Waals surface area (Å²) in [5.74, 6) is -0.915. The molecule has 6 heteroatoms. The third-order valence-electron chi connectivity index (χ3n) is 3.05. The molecule has 0 spiro atoms. The maximum absolute atomic E-state index is 13.8. The lowest BCUT2D eigenvalue weighted by atomic mass is 10.0. The van der Waals surface area contributed by atoms with Crippen molar-refractivity contribution in [3.05, 3.63) is 63.9 Å². The lowest BCUT2D eigenvalue weighted by Crippen LogP contribution is -2.22. The first kappa shape index (κ1) is 16.9. The Labute approximate surface area is 141 Å². The van der Waals surface area contributed by atoms with Crippen molar-refractivity contribution in [2.45, 2.75) is 6.10 Å². The molecule has 0 aliphatic rings. The largest absolute Gasteiger partial charge is 0.390 e. The normalized spacial score (nSPS) is 12.0. The fourth-order valence-electron chi connectivity index (χ4n) is 1.93. The summed E-state index contributed by atoms with van der Waals surface area (Å²) >= 11 is 8.85. The molecule has 2 N–H and O–H groups in total. The summed E-state index contributed by atoms with van der Waals surface area (Å²) in [7, 11) is 0. The minimum absolute atomic E-state index is 0.00143. The zero-order valence-electron chi connectivity index (χ0n) is 11.5. The molecule has 116 valence electrons. The predicted molar refractivity (Wildman–Crippen MR) is 89.2 cm³/mol. The van der Waals surface area contributed by atoms with Crippen LogP contribution in [0.25, 0.3) is 0 Å². The number of nitrogens with one attached hydrogen (secondary N) is 1. The first-order valence-electron chi connectivity index (χ1n) is 6.59. The minimum Gasteiger partial charge on any atom is -0.390 e. The van der Waals surface area contributed by atoms with Gasteiger partial charge in [0.1, 0.15) is 5.82 Å². The first-order chi connectivity index (χ1) is 10.5. The van der Waals surface area contributed by atoms with Gasteiger partial charge < -0.3 is 10.4 Å². The van der Waals surface area contributed by atoms with E-state index in [1.807, 2.05) is 0 Å². The highest BCUT2D eigenvalue weighted by atomic mass is 79.9. The van der Waals surface area contributed by atoms with Crippen LogP contribution in [-0.4, -0.2) is 29.4 Å². The van der Waals surface area contributed by atoms with E-state index in [0.29, 0.717) is 15.7 Å². The van der Waals surface area contributed by atoms with Gasteiger partial charge >= 0.3 is 0 Å². The molecule has 3 nitrogen and oxygen atoms in total. The van der Waals surface area contributed by atoms with E-state index in [1.165, 1.54) is 18.2 Å². The van der Waals surface area contributed by atoms with Crippen molar-refractivity contribution in [1.29, 1.82) is 0 Å². The molecule has 2 aromatic carbocycles. The predicted octanol–water partition coefficient (Wildman–Crippen LogP) is 3.83. The molecule has 22 heavy (non-hydrogen) atoms. The van der Waals surface area contributed by atoms with Crippen molar-refractivity contribution in [3.8, 4) is 0 Å². The van der Waals surface area contributed by atoms with Crippen LogP contribution in [-0.2, 0) is 0 Å². The van der Waals surface area contributed by atoms with E-state index in [2.05, 4.69) is 21.2 Å². The van der Waals surface area contributed by atoms with Gasteiger partial charge in [-0.3, -0.25) is 4.79 Å². The van der Waals surface area contributed by atoms with E-state index in [-0.39, 0.29) is 18.0 Å². The van der Waals surface area contributed by atoms with E-state index < -0.39 is 17.7 Å². The van der Waals surface area contributed by atoms with E-state index in [4.69, 9.17) is 11.6 Å². The molecule has 0 heterocycles. The molecule has 2 aromatic rings. The molecule has 1 unspecified atom stereocenters. The molecule has 0 bridgehead atoms. The van der Waals surface area contributed by atoms with Gasteiger partial charge in [-0.1, -0.05) is 28.1 Å². The first-order valence-corrected chi connectivity index (χ1v) is 7.92. The van der Waals surface area contributed by atoms with Gasteiger partial charge in [-0.15, -0.1) is 11.6 Å². The third kappa shape index (κ3) is 4.06. The molecule has 0 aromatic heterocycles. The van der Waals surface area contributed by atoms with Gasteiger partial charge in [0.05, 0.1) is 17.5 Å². The van der Waals surface area contributed by atoms with Crippen LogP contribution < -0.4 is 5.32 Å². The number of anilines is 1. The number of aliphatic hydroxyl groups is 1. The SMILES string of the molecule is O=C(c1ccccc1F)c1cc(Br)ccc1NCC(O)CCl. The smallest absolute Gasteiger partial charge is 0.198 e. The fourth-order valence-corrected chi connectivity index (χ4v) is 2.40. The van der Waals surface area contributed by atoms with Gasteiger partial charge in [0, 0.05) is 22.3 Å². The maximum atomic E-state index is 13.8. The maximum Gasteiger partial charge on any atom is 0.198 e. The van der Waals surface area contributed by atoms with Gasteiger partial charge in [-0.05, 0) is 30.3 Å². The van der Waals surface area contributed by atoms with E-state index in [0.717, 1.165) is 0 Å². The minimum atomic E-state index is -0.735. The zero-order valence-corrected chi connectivity index (χ0v) is 13.9. The Hall–Kier alpha value is -1.43. The van der Waals surface area contributed by atoms with Crippen molar-refractivity contribution in [3.63, 3.8) is 0 Å². The second-order valence-corrected chi connectivity index (χ2v) is 5.91. The molecule has 1 atom stereocenters. The van der Waals surface area contributed by atoms with Crippen LogP contribution in [0.3, 0.4) is 0 Å². The number of rotatable bonds is 6. The zero-order chi connectivity index (χ0) is 16.1. The Balaban J connectivity index is 2.35. The summed E-state index contributed by atoms with van der Waals surface area (Å²) in [5, 5.41) is 12.5. The number of benzene rings is 2. The van der Waals surface area contributed by atoms with Crippen molar-refractivity contribution in [2.75, 3.05) is 17.7 Å². The Morgan fingerprint density at radius 2 is 2.00 bits per heavy atom. The van der Waals surface area contributed by atoms with Crippen molar-refractivity contribution < 1.29 is 14.3 Å². The van der Waals surface area contributed by atoms with Crippen LogP contribution in [0.1, 0.15) is 15.9 Å². The average molecular weight is 387 g/mol. The molecule has 0 amide bonds. The quantitative estimate of drug-likeness (QED) is 0.586. The topological polar surface area (TPSA) is 49.3 Å². The van der Waals surface area contributed by atoms with Crippen LogP contribution in [0.15, 0.2) is 46.9 Å². The van der Waals surface area contributed by atoms with Crippen molar-refractivity contribution in [2.24, 2.45) is 0 Å². The average Bonchev–Trinajstić information content (AvgIpc) is 2.53. The summed E-state index contributed by atoms with van der Waals surface area (Å²) in [6.45, 7) is 0.197. The molecule has 0 saturated heterocycles. The van der Waals surface area contributed by atoms with E-state index in [9.17, 15) is 14.3 Å². The van der Waals surface area contributed by atoms with Gasteiger partial charge in [0.15, 0.2) is 5.78 Å². The second kappa shape index (κ2) is 7.72. The number of hydrogen-bond acceptors (Lipinski definition) is 3. The molecular formula is C16H14BrClFNO2. The number of carbonyl (C=O) groups is 1. The summed E-state index contributed by atoms with van der Waals surface area (Å²) < 4.78 is 14.5. The Bertz CT molecular complexity index is 681. The number of ketones is 1. The Kier molecular flexibility index (Phi) is 5.94. The lowest BCUT2D eigenvalue weighted by Gasteiger charge is -2.14. The number of carbonyl (C=O) groups excluding carboxylic acids is 1. The molecule has 0 radical (unpaired) electrons. The Morgan fingerprint density at radius 1 is 1.27 bits per heavy atom. The fraction of sp³-hybridized carbons (Fsp3) is 0.188. The van der Waals surface area contributed by atoms with Gasteiger partial charge in [-0.2, -0.15) is 0 Å². The van der Waals surface area contributed by atoms with E-state index in [1.54, 1.807) is 24.3 Å². The summed E-state index contributed by atoms with van der Waals surface area (Å²) in [4.78, 5) is 12.6. The van der Waals surface area contributed by atoms with Crippen LogP contribution >= 0.6 is 27.5 Å². The number of halogens is 3. The number of aliphatic hydroxyl groups excluding tert-OH is 1. The standard InChI is InChI=1S/C16H14BrClFNO2/c17-10-5-6-15(20-9-11(21)8-18)13(7-10)16(22)12-3-1-2-4-14(12)19/h1-7,11,20-21H,8-9H2. The highest BCUT2D eigenvalue weighted by Gasteiger charge is 2.18. The van der Waals surface area contributed by atoms with Crippen LogP contribution in [0.4, 0.5) is 10.1 Å². The lowest BCUT2D eigenvalue weighted by molar-refractivity contribution is 0.103. The Morgan fingerprint density at radius 3 is 2.68 bits per heavy atom. The van der Waals surface area contributed by atoms with Crippen molar-refractivity contribution in [1.82, 2.24) is 0 Å². The summed E-state index contributed by atoms with van der Waals surface area (Å²) in [6.07, 6.45) is -0.735. The molecule has 2 rings (SSSR count). The molecule has 0 saturated carbocycles. The second-order valence-electron chi connectivity index (χ2n) is 4.69. The van der Waals surface area contributed by atoms with Gasteiger partial charge in [0.25, 0.3) is 0 Å². The number of hydrogen-bond donors (Lipinski definition) is 2. The van der Waals surface area contributed by atoms with Crippen LogP contribution in [0.5, 0.6) is 0 Å². The summed E-state index contributed by atoms with van der Waals surface area (Å²) in [5.41, 5.74) is 0.836. The highest BCUT2D eigenvalue weighted by Crippen LogP contribution is 2.25. The monoisotopic (exact) mass is 385 g/mol. The molecule has 0 fully saturated rings. The van der Waals surface area contributed by atoms with E-state index >= 15 is 0 Å². The highest BCUT2D eigenvalue weighted by molar-refractivity contribution is 9.10. The van der Waals surface area contributed by atoms with Crippen LogP contribution in [0.2, 0.25) is 0 Å². The summed E-state index contributed by atoms with van der Waals surface area (Å²) in [6, 6.07) is 10.9. The third-order valence-corrected chi connectivity index (χ3v) is 3.90. The van der Waals surface area contributed by atoms with Gasteiger partial charge in [-0.25, -0.2) is 4.39 Å². The number of alkyl halides is 1.